The van der Waals surface area contributed by atoms with E-state index in [0.29, 0.717) is 28.3 Å². The van der Waals surface area contributed by atoms with E-state index in [0.717, 1.165) is 16.0 Å². The summed E-state index contributed by atoms with van der Waals surface area (Å²) in [6.07, 6.45) is 0. The summed E-state index contributed by atoms with van der Waals surface area (Å²) in [6, 6.07) is 11.4. The summed E-state index contributed by atoms with van der Waals surface area (Å²) in [7, 11) is 3.04. The van der Waals surface area contributed by atoms with E-state index in [4.69, 9.17) is 20.6 Å². The fourth-order valence-electron chi connectivity index (χ4n) is 3.37. The summed E-state index contributed by atoms with van der Waals surface area (Å²) in [4.78, 5) is 30.9. The van der Waals surface area contributed by atoms with Crippen LogP contribution in [-0.4, -0.2) is 50.9 Å². The van der Waals surface area contributed by atoms with Crippen molar-refractivity contribution < 1.29 is 19.4 Å². The highest BCUT2D eigenvalue weighted by molar-refractivity contribution is 7.12. The van der Waals surface area contributed by atoms with Crippen LogP contribution in [0.1, 0.15) is 32.7 Å². The molecule has 12 nitrogen and oxygen atoms in total. The van der Waals surface area contributed by atoms with Gasteiger partial charge in [0.25, 0.3) is 0 Å². The van der Waals surface area contributed by atoms with Gasteiger partial charge in [-0.3, -0.25) is 10.4 Å². The number of amidine groups is 1. The Hall–Kier alpha value is -4.65. The molecule has 0 aliphatic rings. The van der Waals surface area contributed by atoms with Gasteiger partial charge < -0.3 is 25.6 Å². The smallest absolute Gasteiger partial charge is 0.349 e. The first-order chi connectivity index (χ1) is 16.8. The van der Waals surface area contributed by atoms with Gasteiger partial charge in [-0.15, -0.1) is 16.4 Å². The second kappa shape index (κ2) is 9.69. The predicted octanol–water partition coefficient (Wildman–Crippen LogP) is 2.22. The molecule has 0 radical (unpaired) electrons. The first kappa shape index (κ1) is 23.5. The Morgan fingerprint density at radius 1 is 1.20 bits per heavy atom. The fraction of sp³-hybridized carbons (Fsp3) is 0.136. The number of nitrogen functional groups attached to an aromatic ring is 1. The van der Waals surface area contributed by atoms with Gasteiger partial charge in [-0.2, -0.15) is 4.68 Å². The van der Waals surface area contributed by atoms with E-state index >= 15 is 0 Å². The Balaban J connectivity index is 1.82. The molecular formula is C22H21N7O5S. The topological polar surface area (TPSA) is 181 Å². The Labute approximate surface area is 202 Å². The molecule has 0 aliphatic heterocycles. The molecule has 0 saturated heterocycles. The van der Waals surface area contributed by atoms with Gasteiger partial charge in [0.15, 0.2) is 16.5 Å². The molecule has 35 heavy (non-hydrogen) atoms. The van der Waals surface area contributed by atoms with Crippen molar-refractivity contribution in [2.45, 2.75) is 6.04 Å². The third kappa shape index (κ3) is 4.84. The Kier molecular flexibility index (Phi) is 6.51. The van der Waals surface area contributed by atoms with Crippen LogP contribution in [0.15, 0.2) is 52.8 Å². The minimum atomic E-state index is -1.21. The molecule has 0 bridgehead atoms. The van der Waals surface area contributed by atoms with Crippen LogP contribution >= 0.6 is 11.3 Å². The van der Waals surface area contributed by atoms with Gasteiger partial charge in [0.1, 0.15) is 23.4 Å². The van der Waals surface area contributed by atoms with E-state index in [1.807, 2.05) is 0 Å². The van der Waals surface area contributed by atoms with Gasteiger partial charge in [-0.05, 0) is 42.0 Å². The molecule has 0 amide bonds. The third-order valence-electron chi connectivity index (χ3n) is 5.07. The van der Waals surface area contributed by atoms with Crippen molar-refractivity contribution >= 4 is 28.8 Å². The number of methoxy groups -OCH3 is 2. The lowest BCUT2D eigenvalue weighted by Gasteiger charge is -2.20. The number of nitrogens with zero attached hydrogens (tertiary/aromatic N) is 3. The average Bonchev–Trinajstić information content (AvgIpc) is 3.49. The number of aromatic amines is 1. The highest BCUT2D eigenvalue weighted by Crippen LogP contribution is 2.31. The number of hydrogen-bond acceptors (Lipinski definition) is 9. The summed E-state index contributed by atoms with van der Waals surface area (Å²) < 4.78 is 11.7. The third-order valence-corrected chi connectivity index (χ3v) is 5.87. The summed E-state index contributed by atoms with van der Waals surface area (Å²) in [5.74, 6) is -0.115. The van der Waals surface area contributed by atoms with Crippen LogP contribution in [-0.2, 0) is 0 Å². The van der Waals surface area contributed by atoms with E-state index in [2.05, 4.69) is 20.4 Å². The van der Waals surface area contributed by atoms with Crippen LogP contribution in [0.5, 0.6) is 11.5 Å². The zero-order chi connectivity index (χ0) is 25.1. The van der Waals surface area contributed by atoms with Crippen molar-refractivity contribution in [3.8, 4) is 17.3 Å². The molecule has 6 N–H and O–H groups in total. The number of carbonyl (C=O) groups is 1. The van der Waals surface area contributed by atoms with E-state index in [-0.39, 0.29) is 22.4 Å². The van der Waals surface area contributed by atoms with Crippen molar-refractivity contribution in [2.24, 2.45) is 5.73 Å². The van der Waals surface area contributed by atoms with Crippen LogP contribution in [0, 0.1) is 5.41 Å². The van der Waals surface area contributed by atoms with Gasteiger partial charge in [-0.25, -0.2) is 14.6 Å². The van der Waals surface area contributed by atoms with Gasteiger partial charge in [-0.1, -0.05) is 0 Å². The van der Waals surface area contributed by atoms with E-state index in [1.165, 1.54) is 19.7 Å². The zero-order valence-corrected chi connectivity index (χ0v) is 19.4. The molecule has 2 aromatic carbocycles. The monoisotopic (exact) mass is 495 g/mol. The molecule has 2 aromatic heterocycles. The fourth-order valence-corrected chi connectivity index (χ4v) is 3.97. The number of carboxylic acids is 1. The number of anilines is 1. The first-order valence-corrected chi connectivity index (χ1v) is 11.0. The Morgan fingerprint density at radius 2 is 1.86 bits per heavy atom. The number of carboxylic acid groups (broad SMARTS) is 1. The van der Waals surface area contributed by atoms with Crippen molar-refractivity contribution in [2.75, 3.05) is 19.5 Å². The SMILES string of the molecule is COc1cc(OC)cc([C@H](Nc2ccc(C(=N)N)cc2)c2nn(-c3ncsc3C(=O)O)c(=O)[nH]2)c1. The Morgan fingerprint density at radius 3 is 2.43 bits per heavy atom. The molecule has 0 fully saturated rings. The number of aromatic nitrogens is 4. The second-order valence-corrected chi connectivity index (χ2v) is 8.11. The maximum Gasteiger partial charge on any atom is 0.349 e. The molecule has 4 rings (SSSR count). The lowest BCUT2D eigenvalue weighted by Crippen LogP contribution is -2.18. The second-order valence-electron chi connectivity index (χ2n) is 7.25. The molecule has 2 heterocycles. The number of benzene rings is 2. The van der Waals surface area contributed by atoms with Crippen LogP contribution in [0.4, 0.5) is 5.69 Å². The number of hydrogen-bond donors (Lipinski definition) is 5. The summed E-state index contributed by atoms with van der Waals surface area (Å²) in [5.41, 5.74) is 8.08. The van der Waals surface area contributed by atoms with Crippen LogP contribution < -0.4 is 26.2 Å². The lowest BCUT2D eigenvalue weighted by molar-refractivity contribution is 0.0701. The summed E-state index contributed by atoms with van der Waals surface area (Å²) in [6.45, 7) is 0. The highest BCUT2D eigenvalue weighted by Gasteiger charge is 2.24. The predicted molar refractivity (Wildman–Crippen MR) is 129 cm³/mol. The van der Waals surface area contributed by atoms with E-state index in [1.54, 1.807) is 42.5 Å². The Bertz CT molecular complexity index is 1420. The summed E-state index contributed by atoms with van der Waals surface area (Å²) >= 11 is 0.891. The van der Waals surface area contributed by atoms with E-state index in [9.17, 15) is 14.7 Å². The molecule has 0 unspecified atom stereocenters. The normalized spacial score (nSPS) is 11.6. The van der Waals surface area contributed by atoms with Crippen molar-refractivity contribution in [1.29, 1.82) is 5.41 Å². The number of thiazole rings is 1. The molecule has 0 aliphatic carbocycles. The van der Waals surface area contributed by atoms with Gasteiger partial charge in [0, 0.05) is 17.3 Å². The maximum absolute atomic E-state index is 12.8. The number of nitrogens with one attached hydrogen (secondary N) is 3. The van der Waals surface area contributed by atoms with Gasteiger partial charge >= 0.3 is 11.7 Å². The quantitative estimate of drug-likeness (QED) is 0.172. The number of aromatic carboxylic acids is 1. The largest absolute Gasteiger partial charge is 0.497 e. The average molecular weight is 496 g/mol. The molecule has 1 atom stereocenters. The first-order valence-electron chi connectivity index (χ1n) is 10.1. The molecular weight excluding hydrogens is 474 g/mol. The molecule has 0 saturated carbocycles. The summed E-state index contributed by atoms with van der Waals surface area (Å²) in [5, 5.41) is 24.7. The van der Waals surface area contributed by atoms with Crippen LogP contribution in [0.25, 0.3) is 5.82 Å². The van der Waals surface area contributed by atoms with Crippen LogP contribution in [0.3, 0.4) is 0 Å². The van der Waals surface area contributed by atoms with E-state index < -0.39 is 17.7 Å². The number of nitrogens with two attached hydrogens (primary N) is 1. The molecule has 0 spiro atoms. The molecule has 4 aromatic rings. The number of ether oxygens (including phenoxy) is 2. The molecule has 180 valence electrons. The number of H-pyrrole nitrogens is 1. The minimum absolute atomic E-state index is 0.0637. The van der Waals surface area contributed by atoms with Crippen molar-refractivity contribution in [3.05, 3.63) is 80.3 Å². The zero-order valence-electron chi connectivity index (χ0n) is 18.6. The standard InChI is InChI=1S/C22H21N7O5S/c1-33-14-7-12(8-15(9-14)34-2)16(26-13-5-3-11(4-6-13)18(23)24)19-27-22(32)29(28-19)20-17(21(30)31)35-10-25-20/h3-10,16,26H,1-2H3,(H3,23,24)(H,30,31)(H,27,28,32)/t16-/m0/s1. The van der Waals surface area contributed by atoms with Crippen molar-refractivity contribution in [1.82, 2.24) is 19.7 Å². The van der Waals surface area contributed by atoms with Gasteiger partial charge in [0.05, 0.1) is 19.7 Å². The van der Waals surface area contributed by atoms with Crippen molar-refractivity contribution in [3.63, 3.8) is 0 Å². The molecule has 13 heteroatoms. The van der Waals surface area contributed by atoms with Crippen LogP contribution in [0.2, 0.25) is 0 Å². The lowest BCUT2D eigenvalue weighted by atomic mass is 10.0. The van der Waals surface area contributed by atoms with Gasteiger partial charge in [0.2, 0.25) is 0 Å². The highest BCUT2D eigenvalue weighted by atomic mass is 32.1. The minimum Gasteiger partial charge on any atom is -0.497 e. The number of rotatable bonds is 9. The maximum atomic E-state index is 12.8.